The highest BCUT2D eigenvalue weighted by Gasteiger charge is 2.22. The topological polar surface area (TPSA) is 16.4 Å². The van der Waals surface area contributed by atoms with E-state index in [-0.39, 0.29) is 0 Å². The van der Waals surface area contributed by atoms with Crippen molar-refractivity contribution < 1.29 is 4.42 Å². The number of hydrogen-bond donors (Lipinski definition) is 0. The molecular formula is C14H16ClNO. The molecule has 0 saturated carbocycles. The molecule has 17 heavy (non-hydrogen) atoms. The molecule has 90 valence electrons. The van der Waals surface area contributed by atoms with Gasteiger partial charge < -0.3 is 9.32 Å². The summed E-state index contributed by atoms with van der Waals surface area (Å²) in [5.41, 5.74) is 0. The molecule has 2 aromatic rings. The Kier molecular flexibility index (Phi) is 2.85. The molecule has 0 spiro atoms. The summed E-state index contributed by atoms with van der Waals surface area (Å²) in [6.45, 7) is 2.31. The molecule has 0 aliphatic carbocycles. The van der Waals surface area contributed by atoms with Crippen LogP contribution in [0.2, 0.25) is 5.02 Å². The Morgan fingerprint density at radius 2 is 2.06 bits per heavy atom. The minimum atomic E-state index is 0.560. The van der Waals surface area contributed by atoms with E-state index in [1.165, 1.54) is 18.2 Å². The van der Waals surface area contributed by atoms with Crippen molar-refractivity contribution in [1.29, 1.82) is 0 Å². The molecule has 0 unspecified atom stereocenters. The first-order valence-corrected chi connectivity index (χ1v) is 6.47. The average Bonchev–Trinajstić information content (AvgIpc) is 2.73. The third-order valence-electron chi connectivity index (χ3n) is 3.68. The van der Waals surface area contributed by atoms with Crippen molar-refractivity contribution in [2.45, 2.75) is 18.8 Å². The second-order valence-electron chi connectivity index (χ2n) is 4.91. The maximum Gasteiger partial charge on any atom is 0.114 e. The number of rotatable bonds is 1. The zero-order chi connectivity index (χ0) is 11.8. The second kappa shape index (κ2) is 4.35. The molecule has 2 heterocycles. The van der Waals surface area contributed by atoms with Crippen LogP contribution in [0.3, 0.4) is 0 Å². The number of piperidine rings is 1. The Balaban J connectivity index is 1.95. The zero-order valence-electron chi connectivity index (χ0n) is 9.95. The fourth-order valence-corrected chi connectivity index (χ4v) is 2.81. The first kappa shape index (κ1) is 11.1. The zero-order valence-corrected chi connectivity index (χ0v) is 10.7. The first-order valence-electron chi connectivity index (χ1n) is 6.09. The van der Waals surface area contributed by atoms with E-state index in [9.17, 15) is 0 Å². The van der Waals surface area contributed by atoms with E-state index in [0.29, 0.717) is 5.92 Å². The van der Waals surface area contributed by atoms with E-state index in [0.717, 1.165) is 29.3 Å². The van der Waals surface area contributed by atoms with E-state index < -0.39 is 0 Å². The molecular weight excluding hydrogens is 234 g/mol. The molecule has 0 radical (unpaired) electrons. The van der Waals surface area contributed by atoms with Crippen LogP contribution >= 0.6 is 11.6 Å². The quantitative estimate of drug-likeness (QED) is 0.762. The lowest BCUT2D eigenvalue weighted by Gasteiger charge is -2.27. The summed E-state index contributed by atoms with van der Waals surface area (Å²) in [5.74, 6) is 1.70. The van der Waals surface area contributed by atoms with Crippen molar-refractivity contribution in [2.75, 3.05) is 20.1 Å². The van der Waals surface area contributed by atoms with Crippen molar-refractivity contribution in [1.82, 2.24) is 4.90 Å². The van der Waals surface area contributed by atoms with Gasteiger partial charge >= 0.3 is 0 Å². The van der Waals surface area contributed by atoms with Crippen LogP contribution in [-0.4, -0.2) is 25.0 Å². The fraction of sp³-hybridized carbons (Fsp3) is 0.429. The van der Waals surface area contributed by atoms with Crippen molar-refractivity contribution in [3.8, 4) is 0 Å². The van der Waals surface area contributed by atoms with Gasteiger partial charge in [-0.2, -0.15) is 0 Å². The van der Waals surface area contributed by atoms with E-state index in [2.05, 4.69) is 18.0 Å². The highest BCUT2D eigenvalue weighted by molar-refractivity contribution is 6.31. The molecule has 1 aliphatic heterocycles. The molecule has 3 rings (SSSR count). The average molecular weight is 250 g/mol. The molecule has 0 N–H and O–H groups in total. The summed E-state index contributed by atoms with van der Waals surface area (Å²) in [6.07, 6.45) is 4.19. The highest BCUT2D eigenvalue weighted by atomic mass is 35.5. The predicted molar refractivity (Wildman–Crippen MR) is 70.7 cm³/mol. The van der Waals surface area contributed by atoms with Crippen molar-refractivity contribution in [3.05, 3.63) is 35.2 Å². The standard InChI is InChI=1S/C14H16ClNO/c1-16-6-4-10(5-7-16)14-13-3-2-12(15)8-11(13)9-17-14/h2-3,8-10H,4-7H2,1H3. The van der Waals surface area contributed by atoms with E-state index >= 15 is 0 Å². The molecule has 0 atom stereocenters. The van der Waals surface area contributed by atoms with E-state index in [1.54, 1.807) is 0 Å². The molecule has 1 saturated heterocycles. The maximum atomic E-state index is 5.98. The van der Waals surface area contributed by atoms with Crippen LogP contribution in [0.4, 0.5) is 0 Å². The van der Waals surface area contributed by atoms with Gasteiger partial charge in [-0.15, -0.1) is 0 Å². The lowest BCUT2D eigenvalue weighted by atomic mass is 9.92. The molecule has 1 fully saturated rings. The van der Waals surface area contributed by atoms with Gasteiger partial charge in [0.2, 0.25) is 0 Å². The van der Waals surface area contributed by atoms with Gasteiger partial charge in [0.25, 0.3) is 0 Å². The molecule has 1 aromatic heterocycles. The summed E-state index contributed by atoms with van der Waals surface area (Å²) in [5, 5.41) is 3.11. The predicted octanol–water partition coefficient (Wildman–Crippen LogP) is 3.90. The maximum absolute atomic E-state index is 5.98. The normalized spacial score (nSPS) is 18.9. The summed E-state index contributed by atoms with van der Waals surface area (Å²) in [7, 11) is 2.18. The SMILES string of the molecule is CN1CCC(c2occ3cc(Cl)ccc23)CC1. The third kappa shape index (κ3) is 2.07. The van der Waals surface area contributed by atoms with Crippen LogP contribution < -0.4 is 0 Å². The van der Waals surface area contributed by atoms with Gasteiger partial charge in [-0.3, -0.25) is 0 Å². The molecule has 0 amide bonds. The van der Waals surface area contributed by atoms with Gasteiger partial charge in [0.15, 0.2) is 0 Å². The number of fused-ring (bicyclic) bond motifs is 1. The minimum absolute atomic E-state index is 0.560. The van der Waals surface area contributed by atoms with Crippen molar-refractivity contribution in [3.63, 3.8) is 0 Å². The van der Waals surface area contributed by atoms with Crippen LogP contribution in [-0.2, 0) is 0 Å². The van der Waals surface area contributed by atoms with Crippen LogP contribution in [0.5, 0.6) is 0 Å². The smallest absolute Gasteiger partial charge is 0.114 e. The van der Waals surface area contributed by atoms with E-state index in [1.807, 2.05) is 18.4 Å². The number of likely N-dealkylation sites (tertiary alicyclic amines) is 1. The van der Waals surface area contributed by atoms with Gasteiger partial charge in [0.05, 0.1) is 6.26 Å². The molecule has 1 aromatic carbocycles. The second-order valence-corrected chi connectivity index (χ2v) is 5.35. The van der Waals surface area contributed by atoms with Crippen LogP contribution in [0.25, 0.3) is 10.8 Å². The van der Waals surface area contributed by atoms with Gasteiger partial charge in [0.1, 0.15) is 5.76 Å². The molecule has 3 heteroatoms. The number of benzene rings is 1. The van der Waals surface area contributed by atoms with Crippen LogP contribution in [0.1, 0.15) is 24.5 Å². The minimum Gasteiger partial charge on any atom is -0.468 e. The fourth-order valence-electron chi connectivity index (χ4n) is 2.63. The summed E-state index contributed by atoms with van der Waals surface area (Å²) in [6, 6.07) is 5.99. The van der Waals surface area contributed by atoms with E-state index in [4.69, 9.17) is 16.0 Å². The first-order chi connectivity index (χ1) is 8.24. The lowest BCUT2D eigenvalue weighted by Crippen LogP contribution is -2.29. The Hall–Kier alpha value is -0.990. The number of hydrogen-bond acceptors (Lipinski definition) is 2. The lowest BCUT2D eigenvalue weighted by molar-refractivity contribution is 0.241. The van der Waals surface area contributed by atoms with Crippen LogP contribution in [0, 0.1) is 0 Å². The van der Waals surface area contributed by atoms with Crippen LogP contribution in [0.15, 0.2) is 28.9 Å². The molecule has 2 nitrogen and oxygen atoms in total. The highest BCUT2D eigenvalue weighted by Crippen LogP contribution is 2.34. The third-order valence-corrected chi connectivity index (χ3v) is 3.92. The van der Waals surface area contributed by atoms with Gasteiger partial charge in [-0.25, -0.2) is 0 Å². The summed E-state index contributed by atoms with van der Waals surface area (Å²) < 4.78 is 5.77. The monoisotopic (exact) mass is 249 g/mol. The number of nitrogens with zero attached hydrogens (tertiary/aromatic N) is 1. The molecule has 0 bridgehead atoms. The Bertz CT molecular complexity index is 526. The Morgan fingerprint density at radius 3 is 2.82 bits per heavy atom. The number of halogens is 1. The Morgan fingerprint density at radius 1 is 1.29 bits per heavy atom. The van der Waals surface area contributed by atoms with Crippen molar-refractivity contribution in [2.24, 2.45) is 0 Å². The van der Waals surface area contributed by atoms with Gasteiger partial charge in [-0.1, -0.05) is 11.6 Å². The Labute approximate surface area is 106 Å². The van der Waals surface area contributed by atoms with Gasteiger partial charge in [-0.05, 0) is 51.2 Å². The summed E-state index contributed by atoms with van der Waals surface area (Å²) in [4.78, 5) is 2.37. The largest absolute Gasteiger partial charge is 0.468 e. The molecule has 1 aliphatic rings. The number of furan rings is 1. The van der Waals surface area contributed by atoms with Crippen molar-refractivity contribution >= 4 is 22.4 Å². The summed E-state index contributed by atoms with van der Waals surface area (Å²) >= 11 is 5.98. The van der Waals surface area contributed by atoms with Gasteiger partial charge in [0, 0.05) is 21.7 Å².